The molecule has 1 aliphatic rings. The third-order valence-corrected chi connectivity index (χ3v) is 4.13. The number of hydrogen-bond acceptors (Lipinski definition) is 6. The number of carboxylic acids is 1. The molecule has 1 saturated heterocycles. The zero-order chi connectivity index (χ0) is 14.0. The average Bonchev–Trinajstić information content (AvgIpc) is 2.21. The summed E-state index contributed by atoms with van der Waals surface area (Å²) in [4.78, 5) is 21.2. The topological polar surface area (TPSA) is 110 Å². The smallest absolute Gasteiger partial charge is 0.329 e. The highest BCUT2D eigenvalue weighted by Gasteiger charge is 2.46. The van der Waals surface area contributed by atoms with Gasteiger partial charge < -0.3 is 14.6 Å². The van der Waals surface area contributed by atoms with Crippen molar-refractivity contribution in [3.63, 3.8) is 0 Å². The van der Waals surface area contributed by atoms with Crippen LogP contribution in [0.5, 0.6) is 0 Å². The predicted molar refractivity (Wildman–Crippen MR) is 59.4 cm³/mol. The van der Waals surface area contributed by atoms with Crippen molar-refractivity contribution in [1.82, 2.24) is 4.31 Å². The quantitative estimate of drug-likeness (QED) is 0.600. The summed E-state index contributed by atoms with van der Waals surface area (Å²) in [6.45, 7) is 1.18. The molecule has 0 bridgehead atoms. The normalized spacial score (nSPS) is 19.0. The van der Waals surface area contributed by atoms with Crippen LogP contribution in [0.4, 0.5) is 0 Å². The number of esters is 1. The number of ether oxygens (including phenoxy) is 2. The van der Waals surface area contributed by atoms with E-state index in [1.165, 1.54) is 0 Å². The van der Waals surface area contributed by atoms with Crippen molar-refractivity contribution >= 4 is 22.0 Å². The molecule has 1 rings (SSSR count). The van der Waals surface area contributed by atoms with Gasteiger partial charge in [-0.2, -0.15) is 4.31 Å². The monoisotopic (exact) mass is 281 g/mol. The SMILES string of the molecule is COC(=O)CS(=O)(=O)N1CC(C)(OCC(=O)O)C1. The summed E-state index contributed by atoms with van der Waals surface area (Å²) in [7, 11) is -2.61. The minimum atomic E-state index is -3.71. The summed E-state index contributed by atoms with van der Waals surface area (Å²) >= 11 is 0. The molecule has 104 valence electrons. The van der Waals surface area contributed by atoms with Gasteiger partial charge in [0, 0.05) is 13.1 Å². The Morgan fingerprint density at radius 2 is 1.94 bits per heavy atom. The minimum Gasteiger partial charge on any atom is -0.480 e. The van der Waals surface area contributed by atoms with E-state index in [1.807, 2.05) is 0 Å². The third kappa shape index (κ3) is 3.65. The molecule has 0 radical (unpaired) electrons. The first-order valence-electron chi connectivity index (χ1n) is 5.09. The second kappa shape index (κ2) is 5.21. The van der Waals surface area contributed by atoms with E-state index < -0.39 is 39.9 Å². The van der Waals surface area contributed by atoms with Gasteiger partial charge in [0.25, 0.3) is 0 Å². The molecule has 1 N–H and O–H groups in total. The fourth-order valence-electron chi connectivity index (χ4n) is 1.52. The van der Waals surface area contributed by atoms with Crippen molar-refractivity contribution in [3.8, 4) is 0 Å². The van der Waals surface area contributed by atoms with E-state index in [0.29, 0.717) is 0 Å². The minimum absolute atomic E-state index is 0.0274. The van der Waals surface area contributed by atoms with E-state index in [-0.39, 0.29) is 13.1 Å². The lowest BCUT2D eigenvalue weighted by molar-refractivity contribution is -0.157. The Morgan fingerprint density at radius 3 is 2.39 bits per heavy atom. The van der Waals surface area contributed by atoms with Gasteiger partial charge in [0.05, 0.1) is 12.7 Å². The number of carbonyl (C=O) groups is 2. The van der Waals surface area contributed by atoms with Crippen LogP contribution in [0.1, 0.15) is 6.92 Å². The molecule has 0 atom stereocenters. The maximum Gasteiger partial charge on any atom is 0.329 e. The highest BCUT2D eigenvalue weighted by molar-refractivity contribution is 7.89. The molecule has 0 saturated carbocycles. The fourth-order valence-corrected chi connectivity index (χ4v) is 3.06. The lowest BCUT2D eigenvalue weighted by Gasteiger charge is -2.45. The first-order valence-corrected chi connectivity index (χ1v) is 6.70. The van der Waals surface area contributed by atoms with E-state index in [4.69, 9.17) is 9.84 Å². The molecule has 0 aromatic carbocycles. The van der Waals surface area contributed by atoms with E-state index >= 15 is 0 Å². The summed E-state index contributed by atoms with van der Waals surface area (Å²) in [5.74, 6) is -2.68. The zero-order valence-corrected chi connectivity index (χ0v) is 10.9. The van der Waals surface area contributed by atoms with Crippen LogP contribution >= 0.6 is 0 Å². The van der Waals surface area contributed by atoms with E-state index in [9.17, 15) is 18.0 Å². The molecule has 0 aromatic heterocycles. The van der Waals surface area contributed by atoms with Crippen molar-refractivity contribution < 1.29 is 32.6 Å². The Labute approximate surface area is 105 Å². The third-order valence-electron chi connectivity index (χ3n) is 2.49. The van der Waals surface area contributed by atoms with Gasteiger partial charge in [0.15, 0.2) is 5.75 Å². The van der Waals surface area contributed by atoms with Crippen LogP contribution in [0.2, 0.25) is 0 Å². The Hall–Kier alpha value is -1.19. The molecular formula is C9H15NO7S. The molecule has 0 amide bonds. The van der Waals surface area contributed by atoms with Crippen molar-refractivity contribution in [1.29, 1.82) is 0 Å². The number of carbonyl (C=O) groups excluding carboxylic acids is 1. The highest BCUT2D eigenvalue weighted by Crippen LogP contribution is 2.27. The molecule has 1 fully saturated rings. The molecule has 0 aromatic rings. The van der Waals surface area contributed by atoms with Gasteiger partial charge >= 0.3 is 11.9 Å². The molecule has 0 unspecified atom stereocenters. The van der Waals surface area contributed by atoms with Gasteiger partial charge in [-0.3, -0.25) is 4.79 Å². The second-order valence-electron chi connectivity index (χ2n) is 4.23. The Morgan fingerprint density at radius 1 is 1.39 bits per heavy atom. The largest absolute Gasteiger partial charge is 0.480 e. The van der Waals surface area contributed by atoms with Gasteiger partial charge in [-0.15, -0.1) is 0 Å². The number of rotatable bonds is 6. The first-order chi connectivity index (χ1) is 8.18. The zero-order valence-electron chi connectivity index (χ0n) is 10.1. The first kappa shape index (κ1) is 14.9. The molecule has 1 aliphatic heterocycles. The molecule has 18 heavy (non-hydrogen) atoms. The highest BCUT2D eigenvalue weighted by atomic mass is 32.2. The number of carboxylic acid groups (broad SMARTS) is 1. The van der Waals surface area contributed by atoms with Crippen molar-refractivity contribution in [2.75, 3.05) is 32.6 Å². The van der Waals surface area contributed by atoms with E-state index in [0.717, 1.165) is 11.4 Å². The van der Waals surface area contributed by atoms with Gasteiger partial charge in [-0.1, -0.05) is 0 Å². The lowest BCUT2D eigenvalue weighted by Crippen LogP contribution is -2.64. The second-order valence-corrected chi connectivity index (χ2v) is 6.20. The Balaban J connectivity index is 2.50. The summed E-state index contributed by atoms with van der Waals surface area (Å²) in [5.41, 5.74) is -0.818. The molecule has 9 heteroatoms. The Bertz CT molecular complexity index is 438. The predicted octanol–water partition coefficient (Wildman–Crippen LogP) is -1.34. The van der Waals surface area contributed by atoms with Gasteiger partial charge in [0.2, 0.25) is 10.0 Å². The van der Waals surface area contributed by atoms with Crippen LogP contribution in [-0.2, 0) is 29.1 Å². The van der Waals surface area contributed by atoms with Gasteiger partial charge in [-0.25, -0.2) is 13.2 Å². The van der Waals surface area contributed by atoms with Crippen LogP contribution in [0.15, 0.2) is 0 Å². The van der Waals surface area contributed by atoms with E-state index in [2.05, 4.69) is 4.74 Å². The van der Waals surface area contributed by atoms with Crippen LogP contribution in [-0.4, -0.2) is 67.9 Å². The van der Waals surface area contributed by atoms with Gasteiger partial charge in [0.1, 0.15) is 6.61 Å². The number of sulfonamides is 1. The molecular weight excluding hydrogens is 266 g/mol. The standard InChI is InChI=1S/C9H15NO7S/c1-9(17-3-7(11)12)5-10(6-9)18(14,15)4-8(13)16-2/h3-6H2,1-2H3,(H,11,12). The van der Waals surface area contributed by atoms with Crippen molar-refractivity contribution in [3.05, 3.63) is 0 Å². The molecule has 1 heterocycles. The lowest BCUT2D eigenvalue weighted by atomic mass is 10.0. The molecule has 0 aliphatic carbocycles. The van der Waals surface area contributed by atoms with Gasteiger partial charge in [-0.05, 0) is 6.92 Å². The summed E-state index contributed by atoms with van der Waals surface area (Å²) in [6.07, 6.45) is 0. The Kier molecular flexibility index (Phi) is 4.30. The maximum atomic E-state index is 11.7. The van der Waals surface area contributed by atoms with Crippen molar-refractivity contribution in [2.45, 2.75) is 12.5 Å². The van der Waals surface area contributed by atoms with E-state index in [1.54, 1.807) is 6.92 Å². The summed E-state index contributed by atoms with van der Waals surface area (Å²) < 4.78 is 33.7. The average molecular weight is 281 g/mol. The van der Waals surface area contributed by atoms with Crippen LogP contribution in [0, 0.1) is 0 Å². The number of nitrogens with zero attached hydrogens (tertiary/aromatic N) is 1. The maximum absolute atomic E-state index is 11.7. The van der Waals surface area contributed by atoms with Crippen molar-refractivity contribution in [2.24, 2.45) is 0 Å². The fraction of sp³-hybridized carbons (Fsp3) is 0.778. The summed E-state index contributed by atoms with van der Waals surface area (Å²) in [6, 6.07) is 0. The van der Waals surface area contributed by atoms with Crippen LogP contribution in [0.25, 0.3) is 0 Å². The van der Waals surface area contributed by atoms with Crippen LogP contribution < -0.4 is 0 Å². The number of aliphatic carboxylic acids is 1. The number of hydrogen-bond donors (Lipinski definition) is 1. The number of methoxy groups -OCH3 is 1. The summed E-state index contributed by atoms with van der Waals surface area (Å²) in [5, 5.41) is 8.46. The molecule has 8 nitrogen and oxygen atoms in total. The van der Waals surface area contributed by atoms with Crippen LogP contribution in [0.3, 0.4) is 0 Å². The molecule has 0 spiro atoms.